The summed E-state index contributed by atoms with van der Waals surface area (Å²) in [6.45, 7) is 10.0. The predicted octanol–water partition coefficient (Wildman–Crippen LogP) is 3.58. The molecule has 1 amide bonds. The van der Waals surface area contributed by atoms with E-state index in [1.807, 2.05) is 32.1 Å². The zero-order valence-electron chi connectivity index (χ0n) is 18.0. The molecule has 1 saturated heterocycles. The lowest BCUT2D eigenvalue weighted by atomic mass is 10.2. The van der Waals surface area contributed by atoms with Crippen molar-refractivity contribution in [3.8, 4) is 0 Å². The first kappa shape index (κ1) is 26.0. The van der Waals surface area contributed by atoms with Crippen LogP contribution in [0.3, 0.4) is 0 Å². The van der Waals surface area contributed by atoms with Crippen LogP contribution >= 0.6 is 35.3 Å². The van der Waals surface area contributed by atoms with Gasteiger partial charge in [0.2, 0.25) is 0 Å². The molecule has 166 valence electrons. The van der Waals surface area contributed by atoms with Crippen molar-refractivity contribution in [1.29, 1.82) is 0 Å². The third kappa shape index (κ3) is 9.99. The van der Waals surface area contributed by atoms with Gasteiger partial charge in [0.25, 0.3) is 0 Å². The minimum absolute atomic E-state index is 0. The SMILES string of the molecule is CN=C(NCCCNC(=O)OC(C)(C)C)NCC(c1cccs1)N1CCCC1.I. The molecule has 0 spiro atoms. The van der Waals surface area contributed by atoms with Gasteiger partial charge in [0, 0.05) is 31.6 Å². The Hall–Kier alpha value is -1.07. The number of amides is 1. The Bertz CT molecular complexity index is 613. The molecule has 0 saturated carbocycles. The quantitative estimate of drug-likeness (QED) is 0.205. The number of nitrogens with zero attached hydrogens (tertiary/aromatic N) is 2. The maximum absolute atomic E-state index is 11.6. The third-order valence-corrected chi connectivity index (χ3v) is 5.43. The lowest BCUT2D eigenvalue weighted by Crippen LogP contribution is -2.43. The van der Waals surface area contributed by atoms with E-state index in [0.29, 0.717) is 12.6 Å². The summed E-state index contributed by atoms with van der Waals surface area (Å²) in [5.74, 6) is 0.790. The van der Waals surface area contributed by atoms with Gasteiger partial charge in [0.05, 0.1) is 6.04 Å². The molecule has 1 unspecified atom stereocenters. The Labute approximate surface area is 196 Å². The van der Waals surface area contributed by atoms with Gasteiger partial charge in [-0.05, 0) is 64.6 Å². The standard InChI is InChI=1S/C20H35N5O2S.HI/c1-20(2,3)27-19(26)23-11-8-10-22-18(21-4)24-15-16(17-9-7-14-28-17)25-12-5-6-13-25;/h7,9,14,16H,5-6,8,10-13,15H2,1-4H3,(H,23,26)(H2,21,22,24);1H. The summed E-state index contributed by atoms with van der Waals surface area (Å²) >= 11 is 1.81. The van der Waals surface area contributed by atoms with Gasteiger partial charge in [-0.3, -0.25) is 9.89 Å². The number of rotatable bonds is 8. The molecule has 1 fully saturated rings. The molecule has 0 radical (unpaired) electrons. The van der Waals surface area contributed by atoms with Crippen LogP contribution in [0, 0.1) is 0 Å². The zero-order valence-corrected chi connectivity index (χ0v) is 21.1. The van der Waals surface area contributed by atoms with E-state index >= 15 is 0 Å². The predicted molar refractivity (Wildman–Crippen MR) is 132 cm³/mol. The maximum Gasteiger partial charge on any atom is 0.407 e. The number of hydrogen-bond donors (Lipinski definition) is 3. The van der Waals surface area contributed by atoms with E-state index in [4.69, 9.17) is 4.74 Å². The van der Waals surface area contributed by atoms with Gasteiger partial charge < -0.3 is 20.7 Å². The fraction of sp³-hybridized carbons (Fsp3) is 0.700. The monoisotopic (exact) mass is 537 g/mol. The van der Waals surface area contributed by atoms with Crippen LogP contribution in [0.15, 0.2) is 22.5 Å². The third-order valence-electron chi connectivity index (χ3n) is 4.45. The second-order valence-corrected chi connectivity index (χ2v) is 8.92. The van der Waals surface area contributed by atoms with Gasteiger partial charge in [-0.15, -0.1) is 35.3 Å². The smallest absolute Gasteiger partial charge is 0.407 e. The minimum Gasteiger partial charge on any atom is -0.444 e. The fourth-order valence-electron chi connectivity index (χ4n) is 3.16. The van der Waals surface area contributed by atoms with Gasteiger partial charge in [0.1, 0.15) is 5.60 Å². The van der Waals surface area contributed by atoms with E-state index in [0.717, 1.165) is 38.6 Å². The Kier molecular flexibility index (Phi) is 11.9. The van der Waals surface area contributed by atoms with Crippen LogP contribution in [0.4, 0.5) is 4.79 Å². The van der Waals surface area contributed by atoms with Crippen molar-refractivity contribution in [3.63, 3.8) is 0 Å². The summed E-state index contributed by atoms with van der Waals surface area (Å²) in [6.07, 6.45) is 2.97. The van der Waals surface area contributed by atoms with Crippen LogP contribution in [0.5, 0.6) is 0 Å². The van der Waals surface area contributed by atoms with E-state index < -0.39 is 5.60 Å². The molecule has 1 aliphatic rings. The number of nitrogens with one attached hydrogen (secondary N) is 3. The molecule has 7 nitrogen and oxygen atoms in total. The summed E-state index contributed by atoms with van der Waals surface area (Å²) in [6, 6.07) is 4.72. The number of halogens is 1. The molecule has 3 N–H and O–H groups in total. The van der Waals surface area contributed by atoms with Crippen LogP contribution in [0.1, 0.15) is 51.0 Å². The second-order valence-electron chi connectivity index (χ2n) is 7.94. The molecule has 1 aromatic rings. The fourth-order valence-corrected chi connectivity index (χ4v) is 4.02. The molecule has 0 aliphatic carbocycles. The van der Waals surface area contributed by atoms with Gasteiger partial charge in [-0.25, -0.2) is 4.79 Å². The Balaban J connectivity index is 0.00000420. The lowest BCUT2D eigenvalue weighted by molar-refractivity contribution is 0.0527. The number of guanidine groups is 1. The molecule has 1 aliphatic heterocycles. The van der Waals surface area contributed by atoms with Gasteiger partial charge >= 0.3 is 6.09 Å². The largest absolute Gasteiger partial charge is 0.444 e. The van der Waals surface area contributed by atoms with Crippen molar-refractivity contribution in [1.82, 2.24) is 20.9 Å². The molecule has 0 aromatic carbocycles. The molecular weight excluding hydrogens is 501 g/mol. The van der Waals surface area contributed by atoms with E-state index in [-0.39, 0.29) is 30.1 Å². The van der Waals surface area contributed by atoms with Crippen molar-refractivity contribution in [2.45, 2.75) is 51.7 Å². The summed E-state index contributed by atoms with van der Waals surface area (Å²) in [5.41, 5.74) is -0.470. The van der Waals surface area contributed by atoms with Crippen LogP contribution < -0.4 is 16.0 Å². The summed E-state index contributed by atoms with van der Waals surface area (Å²) in [5, 5.41) is 11.7. The highest BCUT2D eigenvalue weighted by Gasteiger charge is 2.24. The van der Waals surface area contributed by atoms with Crippen molar-refractivity contribution in [2.24, 2.45) is 4.99 Å². The molecular formula is C20H36IN5O2S. The van der Waals surface area contributed by atoms with E-state index in [2.05, 4.69) is 43.4 Å². The first-order valence-corrected chi connectivity index (χ1v) is 11.0. The van der Waals surface area contributed by atoms with Gasteiger partial charge in [0.15, 0.2) is 5.96 Å². The van der Waals surface area contributed by atoms with Crippen molar-refractivity contribution >= 4 is 47.4 Å². The van der Waals surface area contributed by atoms with E-state index in [1.165, 1.54) is 17.7 Å². The maximum atomic E-state index is 11.6. The Morgan fingerprint density at radius 2 is 1.93 bits per heavy atom. The Morgan fingerprint density at radius 3 is 2.52 bits per heavy atom. The summed E-state index contributed by atoms with van der Waals surface area (Å²) in [7, 11) is 1.78. The number of ether oxygens (including phenoxy) is 1. The van der Waals surface area contributed by atoms with Crippen molar-refractivity contribution in [2.75, 3.05) is 39.8 Å². The molecule has 29 heavy (non-hydrogen) atoms. The molecule has 1 atom stereocenters. The average Bonchev–Trinajstić information content (AvgIpc) is 3.32. The number of carbonyl (C=O) groups excluding carboxylic acids is 1. The molecule has 1 aromatic heterocycles. The number of thiophene rings is 1. The normalized spacial score (nSPS) is 16.1. The molecule has 2 heterocycles. The number of carbonyl (C=O) groups is 1. The number of likely N-dealkylation sites (tertiary alicyclic amines) is 1. The van der Waals surface area contributed by atoms with Crippen LogP contribution in [-0.2, 0) is 4.74 Å². The van der Waals surface area contributed by atoms with Gasteiger partial charge in [-0.1, -0.05) is 6.07 Å². The highest BCUT2D eigenvalue weighted by Crippen LogP contribution is 2.27. The molecule has 2 rings (SSSR count). The van der Waals surface area contributed by atoms with E-state index in [1.54, 1.807) is 7.05 Å². The van der Waals surface area contributed by atoms with E-state index in [9.17, 15) is 4.79 Å². The average molecular weight is 538 g/mol. The van der Waals surface area contributed by atoms with Crippen molar-refractivity contribution in [3.05, 3.63) is 22.4 Å². The minimum atomic E-state index is -0.470. The Morgan fingerprint density at radius 1 is 1.24 bits per heavy atom. The van der Waals surface area contributed by atoms with Gasteiger partial charge in [-0.2, -0.15) is 0 Å². The molecule has 0 bridgehead atoms. The summed E-state index contributed by atoms with van der Waals surface area (Å²) < 4.78 is 5.23. The first-order valence-electron chi connectivity index (χ1n) is 10.1. The lowest BCUT2D eigenvalue weighted by Gasteiger charge is -2.27. The zero-order chi connectivity index (χ0) is 20.4. The second kappa shape index (κ2) is 13.3. The van der Waals surface area contributed by atoms with Crippen LogP contribution in [0.25, 0.3) is 0 Å². The molecule has 9 heteroatoms. The number of alkyl carbamates (subject to hydrolysis) is 1. The number of hydrogen-bond acceptors (Lipinski definition) is 5. The number of aliphatic imine (C=N–C) groups is 1. The first-order chi connectivity index (χ1) is 13.4. The van der Waals surface area contributed by atoms with Crippen LogP contribution in [-0.4, -0.2) is 62.3 Å². The summed E-state index contributed by atoms with van der Waals surface area (Å²) in [4.78, 5) is 19.9. The highest BCUT2D eigenvalue weighted by atomic mass is 127. The topological polar surface area (TPSA) is 78.0 Å². The van der Waals surface area contributed by atoms with Crippen molar-refractivity contribution < 1.29 is 9.53 Å². The van der Waals surface area contributed by atoms with Crippen LogP contribution in [0.2, 0.25) is 0 Å². The highest BCUT2D eigenvalue weighted by molar-refractivity contribution is 14.0.